The number of hydrogen-bond donors (Lipinski definition) is 5. The number of phenolic OH excluding ortho intramolecular Hbond substituents is 1. The summed E-state index contributed by atoms with van der Waals surface area (Å²) in [6.07, 6.45) is 0. The molecule has 1 aliphatic heterocycles. The molecule has 6 N–H and O–H groups in total. The summed E-state index contributed by atoms with van der Waals surface area (Å²) < 4.78 is 64.2. The third-order valence-corrected chi connectivity index (χ3v) is 6.40. The number of carbonyl (C=O) groups excluding carboxylic acids is 1. The molecule has 1 saturated heterocycles. The number of hydrazone groups is 1. The van der Waals surface area contributed by atoms with E-state index in [2.05, 4.69) is 10.5 Å². The maximum atomic E-state index is 12.9. The average molecular weight is 495 g/mol. The van der Waals surface area contributed by atoms with Crippen molar-refractivity contribution in [3.05, 3.63) is 42.5 Å². The standard InChI is InChI=1S/C18H17N5O8S2/c19-8-11-12(9-32(26,27)28)17(23(18(11)25)14-3-1-2-4-15(14)24)22-21-10-5-6-16(13(20)7-10)33(29,30)31/h1-7,11-12,21,24H,9,20H2,(H,26,27,28)(H,29,30,31). The van der Waals surface area contributed by atoms with Gasteiger partial charge in [0, 0.05) is 0 Å². The van der Waals surface area contributed by atoms with E-state index in [1.807, 2.05) is 0 Å². The maximum absolute atomic E-state index is 12.9. The van der Waals surface area contributed by atoms with Crippen LogP contribution in [0, 0.1) is 23.2 Å². The van der Waals surface area contributed by atoms with Crippen LogP contribution in [0.4, 0.5) is 17.1 Å². The van der Waals surface area contributed by atoms with Crippen LogP contribution in [-0.2, 0) is 25.0 Å². The molecule has 2 aromatic rings. The number of anilines is 3. The molecule has 1 amide bonds. The van der Waals surface area contributed by atoms with E-state index in [0.29, 0.717) is 0 Å². The summed E-state index contributed by atoms with van der Waals surface area (Å²) in [5.74, 6) is -5.49. The van der Waals surface area contributed by atoms with E-state index in [9.17, 15) is 36.6 Å². The smallest absolute Gasteiger partial charge is 0.296 e. The number of benzene rings is 2. The van der Waals surface area contributed by atoms with Crippen molar-refractivity contribution < 1.29 is 35.8 Å². The molecule has 3 rings (SSSR count). The minimum atomic E-state index is -4.65. The van der Waals surface area contributed by atoms with Crippen molar-refractivity contribution in [2.75, 3.05) is 21.8 Å². The fourth-order valence-corrected chi connectivity index (χ4v) is 4.68. The SMILES string of the molecule is N#CC1C(=O)N(c2ccccc2O)C(=NNc2ccc(S(=O)(=O)O)c(N)c2)C1CS(=O)(=O)O. The Kier molecular flexibility index (Phi) is 6.29. The number of nitrogen functional groups attached to an aromatic ring is 1. The van der Waals surface area contributed by atoms with Crippen molar-refractivity contribution in [1.82, 2.24) is 0 Å². The molecule has 0 saturated carbocycles. The number of nitrogens with two attached hydrogens (primary N) is 1. The summed E-state index contributed by atoms with van der Waals surface area (Å²) in [4.78, 5) is 13.2. The van der Waals surface area contributed by atoms with E-state index in [1.165, 1.54) is 30.3 Å². The first-order valence-corrected chi connectivity index (χ1v) is 12.1. The Morgan fingerprint density at radius 2 is 1.82 bits per heavy atom. The molecule has 15 heteroatoms. The molecule has 1 heterocycles. The zero-order chi connectivity index (χ0) is 24.6. The second kappa shape index (κ2) is 8.67. The molecule has 0 radical (unpaired) electrons. The van der Waals surface area contributed by atoms with Gasteiger partial charge in [0.15, 0.2) is 0 Å². The van der Waals surface area contributed by atoms with Gasteiger partial charge in [-0.2, -0.15) is 27.2 Å². The molecule has 174 valence electrons. The van der Waals surface area contributed by atoms with E-state index >= 15 is 0 Å². The summed E-state index contributed by atoms with van der Waals surface area (Å²) in [7, 11) is -9.23. The maximum Gasteiger partial charge on any atom is 0.296 e. The lowest BCUT2D eigenvalue weighted by atomic mass is 9.98. The van der Waals surface area contributed by atoms with E-state index in [0.717, 1.165) is 17.0 Å². The van der Waals surface area contributed by atoms with Crippen LogP contribution in [0.25, 0.3) is 0 Å². The Hall–Kier alpha value is -3.71. The first kappa shape index (κ1) is 23.9. The van der Waals surface area contributed by atoms with Gasteiger partial charge >= 0.3 is 0 Å². The molecule has 1 fully saturated rings. The Balaban J connectivity index is 2.10. The van der Waals surface area contributed by atoms with Gasteiger partial charge in [0.1, 0.15) is 22.4 Å². The van der Waals surface area contributed by atoms with Crippen LogP contribution in [0.1, 0.15) is 0 Å². The lowest BCUT2D eigenvalue weighted by Crippen LogP contribution is -2.33. The zero-order valence-corrected chi connectivity index (χ0v) is 18.2. The van der Waals surface area contributed by atoms with E-state index < -0.39 is 48.6 Å². The average Bonchev–Trinajstić information content (AvgIpc) is 2.94. The number of para-hydroxylation sites is 2. The summed E-state index contributed by atoms with van der Waals surface area (Å²) in [5, 5.41) is 23.7. The molecule has 0 bridgehead atoms. The number of nitrogens with one attached hydrogen (secondary N) is 1. The fraction of sp³-hybridized carbons (Fsp3) is 0.167. The predicted octanol–water partition coefficient (Wildman–Crippen LogP) is 0.637. The van der Waals surface area contributed by atoms with Gasteiger partial charge in [-0.05, 0) is 30.3 Å². The highest BCUT2D eigenvalue weighted by molar-refractivity contribution is 7.86. The summed E-state index contributed by atoms with van der Waals surface area (Å²) in [5.41, 5.74) is 7.78. The highest BCUT2D eigenvalue weighted by Crippen LogP contribution is 2.37. The Bertz CT molecular complexity index is 1400. The molecular formula is C18H17N5O8S2. The van der Waals surface area contributed by atoms with Crippen LogP contribution in [0.5, 0.6) is 5.75 Å². The number of rotatable bonds is 6. The largest absolute Gasteiger partial charge is 0.506 e. The molecule has 2 unspecified atom stereocenters. The topological polar surface area (TPSA) is 223 Å². The third kappa shape index (κ3) is 5.04. The monoisotopic (exact) mass is 495 g/mol. The summed E-state index contributed by atoms with van der Waals surface area (Å²) >= 11 is 0. The lowest BCUT2D eigenvalue weighted by Gasteiger charge is -2.20. The molecule has 0 aliphatic carbocycles. The Morgan fingerprint density at radius 1 is 1.15 bits per heavy atom. The molecule has 0 spiro atoms. The van der Waals surface area contributed by atoms with Crippen LogP contribution < -0.4 is 16.1 Å². The van der Waals surface area contributed by atoms with E-state index in [1.54, 1.807) is 6.07 Å². The van der Waals surface area contributed by atoms with Gasteiger partial charge in [0.2, 0.25) is 0 Å². The van der Waals surface area contributed by atoms with Gasteiger partial charge in [-0.3, -0.25) is 24.2 Å². The van der Waals surface area contributed by atoms with Gasteiger partial charge < -0.3 is 10.8 Å². The third-order valence-electron chi connectivity index (χ3n) is 4.69. The number of nitriles is 1. The number of carbonyl (C=O) groups is 1. The zero-order valence-electron chi connectivity index (χ0n) is 16.5. The fourth-order valence-electron chi connectivity index (χ4n) is 3.28. The van der Waals surface area contributed by atoms with E-state index in [-0.39, 0.29) is 28.6 Å². The van der Waals surface area contributed by atoms with Crippen molar-refractivity contribution >= 4 is 49.0 Å². The van der Waals surface area contributed by atoms with Crippen LogP contribution >= 0.6 is 0 Å². The van der Waals surface area contributed by atoms with Crippen molar-refractivity contribution in [1.29, 1.82) is 5.26 Å². The van der Waals surface area contributed by atoms with Gasteiger partial charge in [0.05, 0.1) is 34.8 Å². The Morgan fingerprint density at radius 3 is 2.36 bits per heavy atom. The van der Waals surface area contributed by atoms with Crippen molar-refractivity contribution in [2.45, 2.75) is 4.90 Å². The normalized spacial score (nSPS) is 20.1. The van der Waals surface area contributed by atoms with Crippen LogP contribution in [0.3, 0.4) is 0 Å². The summed E-state index contributed by atoms with van der Waals surface area (Å²) in [6.45, 7) is 0. The number of amidine groups is 1. The van der Waals surface area contributed by atoms with E-state index in [4.69, 9.17) is 10.3 Å². The van der Waals surface area contributed by atoms with Crippen LogP contribution in [0.2, 0.25) is 0 Å². The van der Waals surface area contributed by atoms with Crippen molar-refractivity contribution in [3.8, 4) is 11.8 Å². The van der Waals surface area contributed by atoms with Crippen LogP contribution in [0.15, 0.2) is 52.5 Å². The summed E-state index contributed by atoms with van der Waals surface area (Å²) in [6, 6.07) is 10.5. The predicted molar refractivity (Wildman–Crippen MR) is 116 cm³/mol. The second-order valence-electron chi connectivity index (χ2n) is 6.93. The molecule has 0 aromatic heterocycles. The number of hydrogen-bond acceptors (Lipinski definition) is 10. The molecule has 33 heavy (non-hydrogen) atoms. The lowest BCUT2D eigenvalue weighted by molar-refractivity contribution is -0.119. The van der Waals surface area contributed by atoms with Crippen molar-refractivity contribution in [2.24, 2.45) is 16.9 Å². The quantitative estimate of drug-likeness (QED) is 0.212. The highest BCUT2D eigenvalue weighted by Gasteiger charge is 2.49. The molecular weight excluding hydrogens is 478 g/mol. The second-order valence-corrected chi connectivity index (χ2v) is 9.82. The first-order chi connectivity index (χ1) is 15.3. The highest BCUT2D eigenvalue weighted by atomic mass is 32.2. The Labute approximate surface area is 188 Å². The molecule has 2 atom stereocenters. The van der Waals surface area contributed by atoms with Gasteiger partial charge in [0.25, 0.3) is 26.1 Å². The minimum absolute atomic E-state index is 0.0811. The molecule has 2 aromatic carbocycles. The first-order valence-electron chi connectivity index (χ1n) is 9.01. The van der Waals surface area contributed by atoms with Gasteiger partial charge in [-0.1, -0.05) is 12.1 Å². The van der Waals surface area contributed by atoms with Crippen LogP contribution in [-0.4, -0.2) is 48.5 Å². The van der Waals surface area contributed by atoms with Gasteiger partial charge in [-0.25, -0.2) is 0 Å². The number of phenols is 1. The number of aromatic hydroxyl groups is 1. The number of amides is 1. The minimum Gasteiger partial charge on any atom is -0.506 e. The van der Waals surface area contributed by atoms with Crippen molar-refractivity contribution in [3.63, 3.8) is 0 Å². The molecule has 13 nitrogen and oxygen atoms in total. The number of nitrogens with zero attached hydrogens (tertiary/aromatic N) is 3. The van der Waals surface area contributed by atoms with Gasteiger partial charge in [-0.15, -0.1) is 0 Å². The molecule has 1 aliphatic rings.